The molecule has 1 aromatic rings. The molecule has 110 valence electrons. The molecule has 1 saturated heterocycles. The van der Waals surface area contributed by atoms with E-state index in [9.17, 15) is 0 Å². The van der Waals surface area contributed by atoms with Crippen LogP contribution in [-0.2, 0) is 12.0 Å². The third-order valence-corrected chi connectivity index (χ3v) is 4.52. The second-order valence-corrected chi connectivity index (χ2v) is 7.45. The first-order valence-corrected chi connectivity index (χ1v) is 8.34. The fourth-order valence-electron chi connectivity index (χ4n) is 2.17. The molecule has 0 aromatic heterocycles. The van der Waals surface area contributed by atoms with Crippen molar-refractivity contribution in [3.8, 4) is 0 Å². The molecule has 1 aliphatic rings. The summed E-state index contributed by atoms with van der Waals surface area (Å²) in [6.07, 6.45) is 0. The van der Waals surface area contributed by atoms with Gasteiger partial charge in [-0.3, -0.25) is 0 Å². The number of hydrogen-bond donors (Lipinski definition) is 1. The van der Waals surface area contributed by atoms with Crippen LogP contribution in [0.4, 0.5) is 0 Å². The minimum atomic E-state index is 0.201. The Balaban J connectivity index is 1.96. The summed E-state index contributed by atoms with van der Waals surface area (Å²) in [5.74, 6) is 2.98. The molecule has 4 heteroatoms. The molecule has 2 N–H and O–H groups in total. The predicted octanol–water partition coefficient (Wildman–Crippen LogP) is 2.85. The van der Waals surface area contributed by atoms with Crippen LogP contribution < -0.4 is 5.73 Å². The van der Waals surface area contributed by atoms with Crippen molar-refractivity contribution in [3.05, 3.63) is 35.4 Å². The maximum Gasteiger partial charge on any atom is 0.191 e. The SMILES string of the molecule is CC(C)(C)c1ccc(CN=C(N)N2CCSCC2)cc1. The topological polar surface area (TPSA) is 41.6 Å². The molecule has 20 heavy (non-hydrogen) atoms. The first-order chi connectivity index (χ1) is 9.47. The van der Waals surface area contributed by atoms with E-state index in [1.54, 1.807) is 0 Å². The van der Waals surface area contributed by atoms with Gasteiger partial charge in [0.25, 0.3) is 0 Å². The van der Waals surface area contributed by atoms with Crippen LogP contribution in [-0.4, -0.2) is 35.5 Å². The minimum Gasteiger partial charge on any atom is -0.370 e. The van der Waals surface area contributed by atoms with Crippen molar-refractivity contribution in [2.45, 2.75) is 32.7 Å². The van der Waals surface area contributed by atoms with Gasteiger partial charge in [-0.2, -0.15) is 11.8 Å². The van der Waals surface area contributed by atoms with Crippen LogP contribution in [0.1, 0.15) is 31.9 Å². The Bertz CT molecular complexity index is 454. The number of rotatable bonds is 2. The molecule has 3 nitrogen and oxygen atoms in total. The molecule has 0 unspecified atom stereocenters. The van der Waals surface area contributed by atoms with Crippen molar-refractivity contribution in [1.29, 1.82) is 0 Å². The Hall–Kier alpha value is -1.16. The maximum absolute atomic E-state index is 6.06. The second-order valence-electron chi connectivity index (χ2n) is 6.22. The van der Waals surface area contributed by atoms with Gasteiger partial charge in [-0.25, -0.2) is 4.99 Å². The first kappa shape index (κ1) is 15.2. The molecule has 1 aromatic carbocycles. The van der Waals surface area contributed by atoms with Crippen LogP contribution >= 0.6 is 11.8 Å². The molecule has 0 spiro atoms. The molecule has 0 atom stereocenters. The van der Waals surface area contributed by atoms with Crippen LogP contribution in [0.25, 0.3) is 0 Å². The molecule has 1 fully saturated rings. The molecule has 0 aliphatic carbocycles. The van der Waals surface area contributed by atoms with Crippen molar-refractivity contribution >= 4 is 17.7 Å². The Morgan fingerprint density at radius 1 is 1.20 bits per heavy atom. The summed E-state index contributed by atoms with van der Waals surface area (Å²) in [7, 11) is 0. The number of nitrogens with two attached hydrogens (primary N) is 1. The lowest BCUT2D eigenvalue weighted by molar-refractivity contribution is 0.455. The lowest BCUT2D eigenvalue weighted by Gasteiger charge is -2.27. The van der Waals surface area contributed by atoms with E-state index in [-0.39, 0.29) is 5.41 Å². The van der Waals surface area contributed by atoms with Gasteiger partial charge < -0.3 is 10.6 Å². The molecular formula is C16H25N3S. The lowest BCUT2D eigenvalue weighted by atomic mass is 9.87. The molecule has 0 bridgehead atoms. The summed E-state index contributed by atoms with van der Waals surface area (Å²) in [6.45, 7) is 9.39. The minimum absolute atomic E-state index is 0.201. The summed E-state index contributed by atoms with van der Waals surface area (Å²) < 4.78 is 0. The van der Waals surface area contributed by atoms with Crippen molar-refractivity contribution in [1.82, 2.24) is 4.90 Å². The van der Waals surface area contributed by atoms with Crippen LogP contribution in [0, 0.1) is 0 Å². The number of nitrogens with zero attached hydrogens (tertiary/aromatic N) is 2. The molecule has 0 radical (unpaired) electrons. The highest BCUT2D eigenvalue weighted by Crippen LogP contribution is 2.22. The van der Waals surface area contributed by atoms with Gasteiger partial charge in [0.15, 0.2) is 5.96 Å². The highest BCUT2D eigenvalue weighted by Gasteiger charge is 2.13. The first-order valence-electron chi connectivity index (χ1n) is 7.19. The fourth-order valence-corrected chi connectivity index (χ4v) is 3.08. The number of guanidine groups is 1. The lowest BCUT2D eigenvalue weighted by Crippen LogP contribution is -2.42. The summed E-state index contributed by atoms with van der Waals surface area (Å²) in [4.78, 5) is 6.70. The second kappa shape index (κ2) is 6.53. The number of hydrogen-bond acceptors (Lipinski definition) is 2. The van der Waals surface area contributed by atoms with E-state index in [4.69, 9.17) is 5.73 Å². The average molecular weight is 291 g/mol. The van der Waals surface area contributed by atoms with Gasteiger partial charge in [0.2, 0.25) is 0 Å². The van der Waals surface area contributed by atoms with Gasteiger partial charge >= 0.3 is 0 Å². The molecule has 1 heterocycles. The van der Waals surface area contributed by atoms with Gasteiger partial charge in [-0.1, -0.05) is 45.0 Å². The van der Waals surface area contributed by atoms with E-state index in [1.165, 1.54) is 11.1 Å². The van der Waals surface area contributed by atoms with Crippen molar-refractivity contribution < 1.29 is 0 Å². The third kappa shape index (κ3) is 4.17. The average Bonchev–Trinajstić information content (AvgIpc) is 2.45. The van der Waals surface area contributed by atoms with Gasteiger partial charge in [0.1, 0.15) is 0 Å². The van der Waals surface area contributed by atoms with Crippen LogP contribution in [0.15, 0.2) is 29.3 Å². The highest BCUT2D eigenvalue weighted by molar-refractivity contribution is 7.99. The Morgan fingerprint density at radius 3 is 2.35 bits per heavy atom. The summed E-state index contributed by atoms with van der Waals surface area (Å²) in [5.41, 5.74) is 8.83. The van der Waals surface area contributed by atoms with Gasteiger partial charge in [0, 0.05) is 24.6 Å². The standard InChI is InChI=1S/C16H25N3S/c1-16(2,3)14-6-4-13(5-7-14)12-18-15(17)19-8-10-20-11-9-19/h4-7H,8-12H2,1-3H3,(H2,17,18). The maximum atomic E-state index is 6.06. The van der Waals surface area contributed by atoms with E-state index < -0.39 is 0 Å². The van der Waals surface area contributed by atoms with Crippen molar-refractivity contribution in [2.24, 2.45) is 10.7 Å². The number of aliphatic imine (C=N–C) groups is 1. The largest absolute Gasteiger partial charge is 0.370 e. The summed E-state index contributed by atoms with van der Waals surface area (Å²) in [6, 6.07) is 8.70. The zero-order valence-electron chi connectivity index (χ0n) is 12.7. The zero-order valence-corrected chi connectivity index (χ0v) is 13.5. The van der Waals surface area contributed by atoms with Gasteiger partial charge in [-0.05, 0) is 16.5 Å². The monoisotopic (exact) mass is 291 g/mol. The number of thioether (sulfide) groups is 1. The Morgan fingerprint density at radius 2 is 1.80 bits per heavy atom. The predicted molar refractivity (Wildman–Crippen MR) is 89.4 cm³/mol. The third-order valence-electron chi connectivity index (χ3n) is 3.58. The number of benzene rings is 1. The van der Waals surface area contributed by atoms with E-state index in [0.717, 1.165) is 24.6 Å². The van der Waals surface area contributed by atoms with E-state index in [1.807, 2.05) is 11.8 Å². The smallest absolute Gasteiger partial charge is 0.191 e. The summed E-state index contributed by atoms with van der Waals surface area (Å²) in [5, 5.41) is 0. The Labute approximate surface area is 126 Å². The van der Waals surface area contributed by atoms with E-state index in [0.29, 0.717) is 12.5 Å². The van der Waals surface area contributed by atoms with Crippen LogP contribution in [0.2, 0.25) is 0 Å². The van der Waals surface area contributed by atoms with Crippen LogP contribution in [0.3, 0.4) is 0 Å². The molecule has 2 rings (SSSR count). The highest BCUT2D eigenvalue weighted by atomic mass is 32.2. The quantitative estimate of drug-likeness (QED) is 0.673. The van der Waals surface area contributed by atoms with E-state index in [2.05, 4.69) is 54.9 Å². The normalized spacial score (nSPS) is 17.4. The molecule has 0 saturated carbocycles. The molecule has 0 amide bonds. The Kier molecular flexibility index (Phi) is 4.97. The summed E-state index contributed by atoms with van der Waals surface area (Å²) >= 11 is 1.98. The molecular weight excluding hydrogens is 266 g/mol. The molecule has 1 aliphatic heterocycles. The van der Waals surface area contributed by atoms with Gasteiger partial charge in [0.05, 0.1) is 6.54 Å². The zero-order chi connectivity index (χ0) is 14.6. The van der Waals surface area contributed by atoms with E-state index >= 15 is 0 Å². The fraction of sp³-hybridized carbons (Fsp3) is 0.562. The van der Waals surface area contributed by atoms with Crippen LogP contribution in [0.5, 0.6) is 0 Å². The van der Waals surface area contributed by atoms with Crippen molar-refractivity contribution in [2.75, 3.05) is 24.6 Å². The van der Waals surface area contributed by atoms with Crippen molar-refractivity contribution in [3.63, 3.8) is 0 Å². The van der Waals surface area contributed by atoms with Gasteiger partial charge in [-0.15, -0.1) is 0 Å².